The van der Waals surface area contributed by atoms with Crippen LogP contribution in [0.5, 0.6) is 0 Å². The van der Waals surface area contributed by atoms with Gasteiger partial charge in [-0.25, -0.2) is 13.1 Å². The normalized spacial score (nSPS) is 15.9. The summed E-state index contributed by atoms with van der Waals surface area (Å²) in [4.78, 5) is 6.80. The van der Waals surface area contributed by atoms with Gasteiger partial charge in [0.2, 0.25) is 10.0 Å². The molecule has 2 rings (SSSR count). The lowest BCUT2D eigenvalue weighted by Gasteiger charge is -2.34. The van der Waals surface area contributed by atoms with Gasteiger partial charge in [-0.05, 0) is 37.6 Å². The molecular formula is C18H33IN4O4S2. The van der Waals surface area contributed by atoms with Crippen molar-refractivity contribution in [2.75, 3.05) is 53.0 Å². The Morgan fingerprint density at radius 1 is 1.34 bits per heavy atom. The van der Waals surface area contributed by atoms with Crippen molar-refractivity contribution in [2.24, 2.45) is 4.99 Å². The van der Waals surface area contributed by atoms with Crippen LogP contribution in [0.2, 0.25) is 0 Å². The van der Waals surface area contributed by atoms with Crippen molar-refractivity contribution in [3.63, 3.8) is 0 Å². The van der Waals surface area contributed by atoms with Gasteiger partial charge in [0, 0.05) is 46.5 Å². The molecule has 0 aliphatic carbocycles. The van der Waals surface area contributed by atoms with Crippen molar-refractivity contribution in [3.05, 3.63) is 17.5 Å². The Morgan fingerprint density at radius 2 is 2.10 bits per heavy atom. The summed E-state index contributed by atoms with van der Waals surface area (Å²) in [5.74, 6) is 0.829. The topological polar surface area (TPSA) is 92.3 Å². The molecule has 1 saturated heterocycles. The summed E-state index contributed by atoms with van der Waals surface area (Å²) in [6.07, 6.45) is 3.13. The first-order chi connectivity index (χ1) is 13.6. The summed E-state index contributed by atoms with van der Waals surface area (Å²) in [5.41, 5.74) is 0. The Balaban J connectivity index is 0.00000420. The summed E-state index contributed by atoms with van der Waals surface area (Å²) in [6.45, 7) is 6.68. The molecule has 0 radical (unpaired) electrons. The third-order valence-corrected chi connectivity index (χ3v) is 7.21. The number of guanidine groups is 1. The molecule has 1 aromatic rings. The van der Waals surface area contributed by atoms with E-state index >= 15 is 0 Å². The van der Waals surface area contributed by atoms with Crippen molar-refractivity contribution in [2.45, 2.75) is 36.5 Å². The van der Waals surface area contributed by atoms with Gasteiger partial charge in [0.25, 0.3) is 0 Å². The predicted molar refractivity (Wildman–Crippen MR) is 128 cm³/mol. The second-order valence-electron chi connectivity index (χ2n) is 6.47. The van der Waals surface area contributed by atoms with Crippen molar-refractivity contribution in [3.8, 4) is 0 Å². The molecule has 168 valence electrons. The molecule has 0 atom stereocenters. The molecule has 0 amide bonds. The Kier molecular flexibility index (Phi) is 13.3. The Bertz CT molecular complexity index is 678. The van der Waals surface area contributed by atoms with Gasteiger partial charge in [-0.3, -0.25) is 4.99 Å². The van der Waals surface area contributed by atoms with E-state index in [1.165, 1.54) is 11.3 Å². The highest BCUT2D eigenvalue weighted by Crippen LogP contribution is 2.15. The van der Waals surface area contributed by atoms with E-state index in [-0.39, 0.29) is 36.6 Å². The lowest BCUT2D eigenvalue weighted by molar-refractivity contribution is 0.00991. The molecule has 0 saturated carbocycles. The van der Waals surface area contributed by atoms with E-state index in [2.05, 4.69) is 19.9 Å². The molecule has 1 aromatic heterocycles. The predicted octanol–water partition coefficient (Wildman–Crippen LogP) is 2.13. The second kappa shape index (κ2) is 14.5. The highest BCUT2D eigenvalue weighted by molar-refractivity contribution is 14.0. The fraction of sp³-hybridized carbons (Fsp3) is 0.722. The number of aliphatic imine (C=N–C) groups is 1. The Hall–Kier alpha value is -0.470. The van der Waals surface area contributed by atoms with Crippen molar-refractivity contribution in [1.29, 1.82) is 0 Å². The number of nitrogens with zero attached hydrogens (tertiary/aromatic N) is 2. The molecule has 2 heterocycles. The van der Waals surface area contributed by atoms with Crippen LogP contribution in [0.3, 0.4) is 0 Å². The van der Waals surface area contributed by atoms with E-state index in [4.69, 9.17) is 9.47 Å². The number of thiophene rings is 1. The van der Waals surface area contributed by atoms with Crippen LogP contribution in [0.4, 0.5) is 0 Å². The number of piperidine rings is 1. The SMILES string of the molecule is CCNC(=NCCNS(=O)(=O)c1cccs1)N1CCC(OCCCOC)CC1.I. The lowest BCUT2D eigenvalue weighted by Crippen LogP contribution is -2.47. The largest absolute Gasteiger partial charge is 0.385 e. The molecule has 0 unspecified atom stereocenters. The summed E-state index contributed by atoms with van der Waals surface area (Å²) < 4.78 is 38.1. The van der Waals surface area contributed by atoms with Crippen LogP contribution in [0.1, 0.15) is 26.2 Å². The van der Waals surface area contributed by atoms with Gasteiger partial charge in [0.05, 0.1) is 12.6 Å². The first kappa shape index (κ1) is 26.6. The fourth-order valence-corrected chi connectivity index (χ4v) is 5.00. The van der Waals surface area contributed by atoms with Gasteiger partial charge in [0.15, 0.2) is 5.96 Å². The van der Waals surface area contributed by atoms with E-state index in [0.29, 0.717) is 10.8 Å². The second-order valence-corrected chi connectivity index (χ2v) is 9.41. The minimum absolute atomic E-state index is 0. The van der Waals surface area contributed by atoms with Crippen LogP contribution in [0, 0.1) is 0 Å². The molecule has 1 aliphatic rings. The van der Waals surface area contributed by atoms with Crippen LogP contribution in [-0.4, -0.2) is 78.4 Å². The van der Waals surface area contributed by atoms with E-state index in [9.17, 15) is 8.42 Å². The molecule has 8 nitrogen and oxygen atoms in total. The van der Waals surface area contributed by atoms with E-state index < -0.39 is 10.0 Å². The summed E-state index contributed by atoms with van der Waals surface area (Å²) >= 11 is 1.21. The zero-order valence-electron chi connectivity index (χ0n) is 17.1. The first-order valence-corrected chi connectivity index (χ1v) is 12.1. The minimum Gasteiger partial charge on any atom is -0.385 e. The van der Waals surface area contributed by atoms with Gasteiger partial charge >= 0.3 is 0 Å². The molecule has 1 fully saturated rings. The molecule has 0 spiro atoms. The first-order valence-electron chi connectivity index (χ1n) is 9.73. The Labute approximate surface area is 195 Å². The van der Waals surface area contributed by atoms with Crippen LogP contribution in [0.15, 0.2) is 26.7 Å². The highest BCUT2D eigenvalue weighted by Gasteiger charge is 2.22. The molecule has 2 N–H and O–H groups in total. The molecule has 1 aliphatic heterocycles. The van der Waals surface area contributed by atoms with E-state index in [0.717, 1.165) is 58.1 Å². The quantitative estimate of drug-likeness (QED) is 0.187. The zero-order valence-corrected chi connectivity index (χ0v) is 21.1. The van der Waals surface area contributed by atoms with Gasteiger partial charge in [-0.1, -0.05) is 6.07 Å². The van der Waals surface area contributed by atoms with Crippen molar-refractivity contribution >= 4 is 51.3 Å². The smallest absolute Gasteiger partial charge is 0.250 e. The summed E-state index contributed by atoms with van der Waals surface area (Å²) in [5, 5.41) is 5.05. The van der Waals surface area contributed by atoms with Gasteiger partial charge in [-0.2, -0.15) is 0 Å². The molecule has 11 heteroatoms. The number of rotatable bonds is 11. The van der Waals surface area contributed by atoms with Crippen molar-refractivity contribution in [1.82, 2.24) is 14.9 Å². The van der Waals surface area contributed by atoms with E-state index in [1.54, 1.807) is 24.6 Å². The van der Waals surface area contributed by atoms with Crippen LogP contribution in [-0.2, 0) is 19.5 Å². The summed E-state index contributed by atoms with van der Waals surface area (Å²) in [7, 11) is -1.73. The van der Waals surface area contributed by atoms with Gasteiger partial charge < -0.3 is 19.7 Å². The number of ether oxygens (including phenoxy) is 2. The standard InChI is InChI=1S/C18H32N4O4S2.HI/c1-3-19-18(20-9-10-21-28(23,24)17-6-4-15-27-17)22-11-7-16(8-12-22)26-14-5-13-25-2;/h4,6,15-16,21H,3,5,7-14H2,1-2H3,(H,19,20);1H. The maximum atomic E-state index is 12.1. The number of halogens is 1. The van der Waals surface area contributed by atoms with Crippen LogP contribution < -0.4 is 10.0 Å². The third kappa shape index (κ3) is 9.47. The average molecular weight is 561 g/mol. The van der Waals surface area contributed by atoms with E-state index in [1.807, 2.05) is 6.92 Å². The van der Waals surface area contributed by atoms with Gasteiger partial charge in [0.1, 0.15) is 4.21 Å². The van der Waals surface area contributed by atoms with Crippen molar-refractivity contribution < 1.29 is 17.9 Å². The zero-order chi connectivity index (χ0) is 20.2. The number of hydrogen-bond acceptors (Lipinski definition) is 6. The lowest BCUT2D eigenvalue weighted by atomic mass is 10.1. The molecule has 0 bridgehead atoms. The molecular weight excluding hydrogens is 527 g/mol. The van der Waals surface area contributed by atoms with Crippen LogP contribution in [0.25, 0.3) is 0 Å². The highest BCUT2D eigenvalue weighted by atomic mass is 127. The summed E-state index contributed by atoms with van der Waals surface area (Å²) in [6, 6.07) is 3.33. The monoisotopic (exact) mass is 560 g/mol. The van der Waals surface area contributed by atoms with Gasteiger partial charge in [-0.15, -0.1) is 35.3 Å². The molecule has 29 heavy (non-hydrogen) atoms. The fourth-order valence-electron chi connectivity index (χ4n) is 2.94. The maximum Gasteiger partial charge on any atom is 0.250 e. The number of hydrogen-bond donors (Lipinski definition) is 2. The average Bonchev–Trinajstić information content (AvgIpc) is 3.24. The third-order valence-electron chi connectivity index (χ3n) is 4.35. The Morgan fingerprint density at radius 3 is 2.72 bits per heavy atom. The van der Waals surface area contributed by atoms with Crippen LogP contribution >= 0.6 is 35.3 Å². The number of nitrogens with one attached hydrogen (secondary N) is 2. The number of likely N-dealkylation sites (tertiary alicyclic amines) is 1. The molecule has 0 aromatic carbocycles. The number of methoxy groups -OCH3 is 1. The number of sulfonamides is 1. The minimum atomic E-state index is -3.43. The maximum absolute atomic E-state index is 12.1.